The van der Waals surface area contributed by atoms with Crippen molar-refractivity contribution in [2.75, 3.05) is 13.1 Å². The summed E-state index contributed by atoms with van der Waals surface area (Å²) in [4.78, 5) is 38.7. The van der Waals surface area contributed by atoms with E-state index in [-0.39, 0.29) is 17.4 Å². The molecule has 0 fully saturated rings. The first kappa shape index (κ1) is 18.0. The zero-order valence-corrected chi connectivity index (χ0v) is 14.2. The highest BCUT2D eigenvalue weighted by atomic mass is 16.4. The summed E-state index contributed by atoms with van der Waals surface area (Å²) >= 11 is 0. The van der Waals surface area contributed by atoms with Crippen LogP contribution in [0.2, 0.25) is 0 Å². The van der Waals surface area contributed by atoms with Crippen molar-refractivity contribution in [1.82, 2.24) is 9.80 Å². The Labute approximate surface area is 142 Å². The number of hydrogen-bond acceptors (Lipinski definition) is 3. The van der Waals surface area contributed by atoms with Gasteiger partial charge < -0.3 is 14.9 Å². The summed E-state index contributed by atoms with van der Waals surface area (Å²) in [5.74, 6) is -0.864. The largest absolute Gasteiger partial charge is 0.478 e. The maximum Gasteiger partial charge on any atom is 0.335 e. The van der Waals surface area contributed by atoms with Crippen LogP contribution in [0.4, 0.5) is 0 Å². The normalized spacial score (nSPS) is 12.8. The molecule has 6 nitrogen and oxygen atoms in total. The molecule has 0 spiro atoms. The molecule has 1 heterocycles. The van der Waals surface area contributed by atoms with Crippen LogP contribution in [-0.2, 0) is 22.7 Å². The molecule has 0 saturated heterocycles. The average Bonchev–Trinajstić information content (AvgIpc) is 2.99. The first-order chi connectivity index (χ1) is 11.5. The fourth-order valence-corrected chi connectivity index (χ4v) is 2.99. The molecule has 2 rings (SSSR count). The summed E-state index contributed by atoms with van der Waals surface area (Å²) in [7, 11) is 0. The van der Waals surface area contributed by atoms with Crippen molar-refractivity contribution in [2.24, 2.45) is 0 Å². The van der Waals surface area contributed by atoms with Crippen LogP contribution in [0.5, 0.6) is 0 Å². The number of benzene rings is 1. The maximum absolute atomic E-state index is 12.3. The summed E-state index contributed by atoms with van der Waals surface area (Å²) in [5.41, 5.74) is 2.13. The van der Waals surface area contributed by atoms with Gasteiger partial charge in [0.25, 0.3) is 0 Å². The Balaban J connectivity index is 1.84. The standard InChI is InChI=1S/C18H24N2O4/c1-3-19(4-2)16(21)6-5-7-17(22)20-11-14-9-8-13(18(23)24)10-15(14)12-20/h8-10H,3-7,11-12H2,1-2H3,(H,23,24). The molecule has 0 bridgehead atoms. The van der Waals surface area contributed by atoms with Gasteiger partial charge in [-0.1, -0.05) is 6.07 Å². The van der Waals surface area contributed by atoms with Crippen LogP contribution in [0, 0.1) is 0 Å². The van der Waals surface area contributed by atoms with Crippen molar-refractivity contribution >= 4 is 17.8 Å². The smallest absolute Gasteiger partial charge is 0.335 e. The van der Waals surface area contributed by atoms with Gasteiger partial charge in [0.15, 0.2) is 0 Å². The Morgan fingerprint density at radius 3 is 2.38 bits per heavy atom. The topological polar surface area (TPSA) is 77.9 Å². The summed E-state index contributed by atoms with van der Waals surface area (Å²) in [6.45, 7) is 6.23. The average molecular weight is 332 g/mol. The summed E-state index contributed by atoms with van der Waals surface area (Å²) in [6.07, 6.45) is 1.27. The van der Waals surface area contributed by atoms with Crippen LogP contribution >= 0.6 is 0 Å². The van der Waals surface area contributed by atoms with Crippen molar-refractivity contribution in [3.63, 3.8) is 0 Å². The molecule has 1 aliphatic rings. The van der Waals surface area contributed by atoms with Crippen LogP contribution in [0.15, 0.2) is 18.2 Å². The molecule has 24 heavy (non-hydrogen) atoms. The van der Waals surface area contributed by atoms with Gasteiger partial charge in [0.05, 0.1) is 5.56 Å². The SMILES string of the molecule is CCN(CC)C(=O)CCCC(=O)N1Cc2ccc(C(=O)O)cc2C1. The lowest BCUT2D eigenvalue weighted by atomic mass is 10.1. The molecule has 2 amide bonds. The van der Waals surface area contributed by atoms with E-state index < -0.39 is 5.97 Å². The zero-order valence-electron chi connectivity index (χ0n) is 14.2. The van der Waals surface area contributed by atoms with Crippen molar-refractivity contribution in [2.45, 2.75) is 46.2 Å². The molecule has 1 aliphatic heterocycles. The highest BCUT2D eigenvalue weighted by molar-refractivity contribution is 5.88. The van der Waals surface area contributed by atoms with Gasteiger partial charge in [0.1, 0.15) is 0 Å². The molecular formula is C18H24N2O4. The Bertz CT molecular complexity index is 638. The Kier molecular flexibility index (Phi) is 5.95. The molecule has 0 unspecified atom stereocenters. The lowest BCUT2D eigenvalue weighted by Crippen LogP contribution is -2.30. The second-order valence-corrected chi connectivity index (χ2v) is 5.96. The lowest BCUT2D eigenvalue weighted by molar-refractivity contribution is -0.133. The minimum absolute atomic E-state index is 0.00965. The number of carboxylic acid groups (broad SMARTS) is 1. The Morgan fingerprint density at radius 2 is 1.75 bits per heavy atom. The number of hydrogen-bond donors (Lipinski definition) is 1. The van der Waals surface area contributed by atoms with E-state index in [9.17, 15) is 14.4 Å². The van der Waals surface area contributed by atoms with Gasteiger partial charge in [-0.15, -0.1) is 0 Å². The van der Waals surface area contributed by atoms with Gasteiger partial charge in [-0.25, -0.2) is 4.79 Å². The van der Waals surface area contributed by atoms with E-state index in [1.807, 2.05) is 13.8 Å². The van der Waals surface area contributed by atoms with Crippen LogP contribution in [0.25, 0.3) is 0 Å². The van der Waals surface area contributed by atoms with Crippen molar-refractivity contribution < 1.29 is 19.5 Å². The van der Waals surface area contributed by atoms with Crippen LogP contribution in [0.1, 0.15) is 54.6 Å². The van der Waals surface area contributed by atoms with Crippen molar-refractivity contribution in [3.05, 3.63) is 34.9 Å². The van der Waals surface area contributed by atoms with Gasteiger partial charge in [0, 0.05) is 39.0 Å². The second-order valence-electron chi connectivity index (χ2n) is 5.96. The molecule has 0 aromatic heterocycles. The minimum atomic E-state index is -0.961. The third kappa shape index (κ3) is 4.13. The number of amides is 2. The van der Waals surface area contributed by atoms with E-state index in [0.717, 1.165) is 11.1 Å². The molecule has 0 aliphatic carbocycles. The highest BCUT2D eigenvalue weighted by Gasteiger charge is 2.24. The highest BCUT2D eigenvalue weighted by Crippen LogP contribution is 2.24. The number of fused-ring (bicyclic) bond motifs is 1. The molecule has 6 heteroatoms. The zero-order chi connectivity index (χ0) is 17.7. The molecule has 130 valence electrons. The van der Waals surface area contributed by atoms with Crippen molar-refractivity contribution in [3.8, 4) is 0 Å². The number of aromatic carboxylic acids is 1. The first-order valence-corrected chi connectivity index (χ1v) is 8.36. The van der Waals surface area contributed by atoms with Gasteiger partial charge in [-0.2, -0.15) is 0 Å². The first-order valence-electron chi connectivity index (χ1n) is 8.36. The van der Waals surface area contributed by atoms with E-state index in [4.69, 9.17) is 5.11 Å². The third-order valence-corrected chi connectivity index (χ3v) is 4.43. The number of carbonyl (C=O) groups is 3. The predicted octanol–water partition coefficient (Wildman–Crippen LogP) is 2.27. The number of carbonyl (C=O) groups excluding carboxylic acids is 2. The number of nitrogens with zero attached hydrogens (tertiary/aromatic N) is 2. The summed E-state index contributed by atoms with van der Waals surface area (Å²) in [6, 6.07) is 4.97. The van der Waals surface area contributed by atoms with Gasteiger partial charge >= 0.3 is 5.97 Å². The summed E-state index contributed by atoms with van der Waals surface area (Å²) < 4.78 is 0. The fourth-order valence-electron chi connectivity index (χ4n) is 2.99. The van der Waals surface area contributed by atoms with Gasteiger partial charge in [-0.3, -0.25) is 9.59 Å². The van der Waals surface area contributed by atoms with E-state index in [1.165, 1.54) is 0 Å². The minimum Gasteiger partial charge on any atom is -0.478 e. The second kappa shape index (κ2) is 7.95. The molecule has 0 radical (unpaired) electrons. The van der Waals surface area contributed by atoms with E-state index in [2.05, 4.69) is 0 Å². The molecule has 1 N–H and O–H groups in total. The van der Waals surface area contributed by atoms with E-state index in [1.54, 1.807) is 28.0 Å². The molecule has 1 aromatic carbocycles. The van der Waals surface area contributed by atoms with Gasteiger partial charge in [0.2, 0.25) is 11.8 Å². The predicted molar refractivity (Wildman–Crippen MR) is 89.4 cm³/mol. The van der Waals surface area contributed by atoms with Gasteiger partial charge in [-0.05, 0) is 43.5 Å². The molecule has 0 atom stereocenters. The van der Waals surface area contributed by atoms with Crippen molar-refractivity contribution in [1.29, 1.82) is 0 Å². The van der Waals surface area contributed by atoms with Crippen LogP contribution in [-0.4, -0.2) is 45.8 Å². The van der Waals surface area contributed by atoms with Crippen LogP contribution < -0.4 is 0 Å². The molecular weight excluding hydrogens is 308 g/mol. The monoisotopic (exact) mass is 332 g/mol. The third-order valence-electron chi connectivity index (χ3n) is 4.43. The van der Waals surface area contributed by atoms with E-state index in [0.29, 0.717) is 45.4 Å². The fraction of sp³-hybridized carbons (Fsp3) is 0.500. The Morgan fingerprint density at radius 1 is 1.08 bits per heavy atom. The molecule has 0 saturated carbocycles. The number of carboxylic acids is 1. The maximum atomic E-state index is 12.3. The van der Waals surface area contributed by atoms with Crippen LogP contribution in [0.3, 0.4) is 0 Å². The molecule has 1 aromatic rings. The number of rotatable bonds is 7. The summed E-state index contributed by atoms with van der Waals surface area (Å²) in [5, 5.41) is 9.03. The Hall–Kier alpha value is -2.37. The quantitative estimate of drug-likeness (QED) is 0.831. The lowest BCUT2D eigenvalue weighted by Gasteiger charge is -2.19. The van der Waals surface area contributed by atoms with E-state index >= 15 is 0 Å².